The van der Waals surface area contributed by atoms with Crippen molar-refractivity contribution in [2.24, 2.45) is 0 Å². The Kier molecular flexibility index (Phi) is 9.34. The predicted molar refractivity (Wildman–Crippen MR) is 149 cm³/mol. The quantitative estimate of drug-likeness (QED) is 0.273. The minimum absolute atomic E-state index is 0.0884. The molecule has 0 aromatic heterocycles. The monoisotopic (exact) mass is 502 g/mol. The first kappa shape index (κ1) is 26.9. The molecule has 1 aliphatic rings. The van der Waals surface area contributed by atoms with Gasteiger partial charge >= 0.3 is 5.97 Å². The Bertz CT molecular complexity index is 1130. The van der Waals surface area contributed by atoms with E-state index >= 15 is 0 Å². The molecule has 4 nitrogen and oxygen atoms in total. The van der Waals surface area contributed by atoms with Crippen LogP contribution in [0.4, 0.5) is 10.1 Å². The summed E-state index contributed by atoms with van der Waals surface area (Å²) in [7, 11) is 0. The van der Waals surface area contributed by atoms with Crippen molar-refractivity contribution in [3.05, 3.63) is 90.2 Å². The lowest BCUT2D eigenvalue weighted by Gasteiger charge is -2.37. The molecule has 1 heterocycles. The van der Waals surface area contributed by atoms with Crippen LogP contribution in [0.25, 0.3) is 11.1 Å². The number of nitrogens with zero attached hydrogens (tertiary/aromatic N) is 2. The molecule has 1 saturated heterocycles. The topological polar surface area (TPSA) is 32.8 Å². The van der Waals surface area contributed by atoms with Gasteiger partial charge in [-0.05, 0) is 73.2 Å². The lowest BCUT2D eigenvalue weighted by atomic mass is 9.74. The van der Waals surface area contributed by atoms with Gasteiger partial charge in [0, 0.05) is 31.9 Å². The zero-order chi connectivity index (χ0) is 26.1. The number of carbonyl (C=O) groups excluding carboxylic acids is 1. The third-order valence-electron chi connectivity index (χ3n) is 7.60. The van der Waals surface area contributed by atoms with Gasteiger partial charge in [-0.2, -0.15) is 0 Å². The highest BCUT2D eigenvalue weighted by Gasteiger charge is 2.39. The molecule has 0 spiro atoms. The molecule has 1 atom stereocenters. The SMILES string of the molecule is CCCOC(=O)C(CC)(CCCN1CCN(c2ccc(-c3cccc(F)c3)cc2)CC1)c1ccccc1. The Morgan fingerprint density at radius 2 is 1.62 bits per heavy atom. The van der Waals surface area contributed by atoms with E-state index < -0.39 is 5.41 Å². The molecule has 3 aromatic rings. The van der Waals surface area contributed by atoms with Crippen LogP contribution in [0.1, 0.15) is 45.1 Å². The number of hydrogen-bond acceptors (Lipinski definition) is 4. The van der Waals surface area contributed by atoms with Gasteiger partial charge in [0.1, 0.15) is 5.82 Å². The molecule has 1 unspecified atom stereocenters. The normalized spacial score (nSPS) is 15.8. The number of anilines is 1. The number of halogens is 1. The molecule has 4 rings (SSSR count). The van der Waals surface area contributed by atoms with E-state index in [0.717, 1.165) is 75.1 Å². The average Bonchev–Trinajstić information content (AvgIpc) is 2.95. The first-order valence-electron chi connectivity index (χ1n) is 13.6. The van der Waals surface area contributed by atoms with E-state index in [9.17, 15) is 9.18 Å². The van der Waals surface area contributed by atoms with Crippen LogP contribution in [0.2, 0.25) is 0 Å². The van der Waals surface area contributed by atoms with Crippen molar-refractivity contribution in [2.75, 3.05) is 44.2 Å². The van der Waals surface area contributed by atoms with E-state index in [1.165, 1.54) is 11.8 Å². The number of esters is 1. The molecule has 5 heteroatoms. The Hall–Kier alpha value is -3.18. The molecule has 196 valence electrons. The maximum atomic E-state index is 13.6. The molecule has 1 fully saturated rings. The largest absolute Gasteiger partial charge is 0.465 e. The molecule has 0 N–H and O–H groups in total. The third kappa shape index (κ3) is 6.58. The lowest BCUT2D eigenvalue weighted by Crippen LogP contribution is -2.47. The van der Waals surface area contributed by atoms with Crippen LogP contribution in [0.3, 0.4) is 0 Å². The highest BCUT2D eigenvalue weighted by atomic mass is 19.1. The molecular formula is C32H39FN2O2. The molecule has 0 aliphatic carbocycles. The molecule has 3 aromatic carbocycles. The van der Waals surface area contributed by atoms with Gasteiger partial charge in [-0.25, -0.2) is 4.39 Å². The first-order valence-corrected chi connectivity index (χ1v) is 13.6. The summed E-state index contributed by atoms with van der Waals surface area (Å²) in [5, 5.41) is 0. The summed E-state index contributed by atoms with van der Waals surface area (Å²) in [5.41, 5.74) is 3.60. The Morgan fingerprint density at radius 1 is 0.892 bits per heavy atom. The Labute approximate surface area is 221 Å². The predicted octanol–water partition coefficient (Wildman–Crippen LogP) is 6.70. The van der Waals surface area contributed by atoms with Crippen molar-refractivity contribution >= 4 is 11.7 Å². The van der Waals surface area contributed by atoms with Gasteiger partial charge in [0.05, 0.1) is 12.0 Å². The molecule has 37 heavy (non-hydrogen) atoms. The summed E-state index contributed by atoms with van der Waals surface area (Å²) in [4.78, 5) is 18.1. The fourth-order valence-corrected chi connectivity index (χ4v) is 5.35. The second-order valence-corrected chi connectivity index (χ2v) is 9.93. The van der Waals surface area contributed by atoms with Gasteiger partial charge in [-0.3, -0.25) is 9.69 Å². The second kappa shape index (κ2) is 12.9. The van der Waals surface area contributed by atoms with Crippen LogP contribution in [-0.2, 0) is 14.9 Å². The van der Waals surface area contributed by atoms with E-state index in [0.29, 0.717) is 6.61 Å². The van der Waals surface area contributed by atoms with Crippen molar-refractivity contribution in [2.45, 2.75) is 44.9 Å². The van der Waals surface area contributed by atoms with Crippen LogP contribution in [0, 0.1) is 5.82 Å². The van der Waals surface area contributed by atoms with Gasteiger partial charge in [-0.1, -0.05) is 68.4 Å². The van der Waals surface area contributed by atoms with Gasteiger partial charge in [0.2, 0.25) is 0 Å². The molecule has 1 aliphatic heterocycles. The van der Waals surface area contributed by atoms with Gasteiger partial charge < -0.3 is 9.64 Å². The maximum Gasteiger partial charge on any atom is 0.316 e. The minimum atomic E-state index is -0.582. The second-order valence-electron chi connectivity index (χ2n) is 9.93. The lowest BCUT2D eigenvalue weighted by molar-refractivity contribution is -0.151. The highest BCUT2D eigenvalue weighted by molar-refractivity contribution is 5.83. The van der Waals surface area contributed by atoms with Gasteiger partial charge in [0.15, 0.2) is 0 Å². The van der Waals surface area contributed by atoms with E-state index in [2.05, 4.69) is 53.1 Å². The van der Waals surface area contributed by atoms with Gasteiger partial charge in [-0.15, -0.1) is 0 Å². The summed E-state index contributed by atoms with van der Waals surface area (Å²) in [6.45, 7) is 9.50. The van der Waals surface area contributed by atoms with Gasteiger partial charge in [0.25, 0.3) is 0 Å². The smallest absolute Gasteiger partial charge is 0.316 e. The molecule has 0 saturated carbocycles. The number of ether oxygens (including phenoxy) is 1. The molecule has 0 radical (unpaired) electrons. The van der Waals surface area contributed by atoms with E-state index in [1.807, 2.05) is 31.2 Å². The number of piperazine rings is 1. The van der Waals surface area contributed by atoms with Crippen molar-refractivity contribution in [3.8, 4) is 11.1 Å². The van der Waals surface area contributed by atoms with Crippen molar-refractivity contribution < 1.29 is 13.9 Å². The minimum Gasteiger partial charge on any atom is -0.465 e. The number of rotatable bonds is 11. The van der Waals surface area contributed by atoms with Crippen LogP contribution in [0.5, 0.6) is 0 Å². The fraction of sp³-hybridized carbons (Fsp3) is 0.406. The number of carbonyl (C=O) groups is 1. The third-order valence-corrected chi connectivity index (χ3v) is 7.60. The summed E-state index contributed by atoms with van der Waals surface area (Å²) in [6, 6.07) is 25.3. The summed E-state index contributed by atoms with van der Waals surface area (Å²) in [6.07, 6.45) is 3.31. The Morgan fingerprint density at radius 3 is 2.27 bits per heavy atom. The average molecular weight is 503 g/mol. The standard InChI is InChI=1S/C32H39FN2O2/c1-3-24-37-31(36)32(4-2,28-11-6-5-7-12-28)18-9-19-34-20-22-35(23-21-34)30-16-14-26(15-17-30)27-10-8-13-29(33)25-27/h5-8,10-17,25H,3-4,9,18-24H2,1-2H3. The van der Waals surface area contributed by atoms with E-state index in [4.69, 9.17) is 4.74 Å². The highest BCUT2D eigenvalue weighted by Crippen LogP contribution is 2.35. The fourth-order valence-electron chi connectivity index (χ4n) is 5.35. The molecule has 0 amide bonds. The van der Waals surface area contributed by atoms with E-state index in [1.54, 1.807) is 12.1 Å². The van der Waals surface area contributed by atoms with Crippen molar-refractivity contribution in [1.82, 2.24) is 4.90 Å². The number of hydrogen-bond donors (Lipinski definition) is 0. The zero-order valence-electron chi connectivity index (χ0n) is 22.2. The zero-order valence-corrected chi connectivity index (χ0v) is 22.2. The van der Waals surface area contributed by atoms with Crippen LogP contribution in [0.15, 0.2) is 78.9 Å². The van der Waals surface area contributed by atoms with Crippen molar-refractivity contribution in [1.29, 1.82) is 0 Å². The summed E-state index contributed by atoms with van der Waals surface area (Å²) < 4.78 is 19.2. The molecule has 0 bridgehead atoms. The maximum absolute atomic E-state index is 13.6. The number of benzene rings is 3. The van der Waals surface area contributed by atoms with Crippen LogP contribution >= 0.6 is 0 Å². The van der Waals surface area contributed by atoms with Crippen LogP contribution in [-0.4, -0.2) is 50.2 Å². The van der Waals surface area contributed by atoms with Crippen LogP contribution < -0.4 is 4.90 Å². The summed E-state index contributed by atoms with van der Waals surface area (Å²) in [5.74, 6) is -0.301. The Balaban J connectivity index is 1.31. The van der Waals surface area contributed by atoms with E-state index in [-0.39, 0.29) is 11.8 Å². The van der Waals surface area contributed by atoms with Crippen molar-refractivity contribution in [3.63, 3.8) is 0 Å². The summed E-state index contributed by atoms with van der Waals surface area (Å²) >= 11 is 0. The first-order chi connectivity index (χ1) is 18.1. The molecular weight excluding hydrogens is 463 g/mol.